The van der Waals surface area contributed by atoms with E-state index in [2.05, 4.69) is 10.6 Å². The van der Waals surface area contributed by atoms with Crippen molar-refractivity contribution in [1.29, 1.82) is 0 Å². The number of carbonyl (C=O) groups excluding carboxylic acids is 3. The molecule has 0 radical (unpaired) electrons. The Morgan fingerprint density at radius 3 is 1.85 bits per heavy atom. The first-order valence-corrected chi connectivity index (χ1v) is 12.3. The van der Waals surface area contributed by atoms with Crippen molar-refractivity contribution in [3.8, 4) is 0 Å². The van der Waals surface area contributed by atoms with Gasteiger partial charge in [-0.05, 0) is 24.3 Å². The van der Waals surface area contributed by atoms with Crippen LogP contribution in [-0.2, 0) is 17.8 Å². The predicted octanol–water partition coefficient (Wildman–Crippen LogP) is 3.87. The molecule has 2 heterocycles. The molecule has 0 saturated carbocycles. The lowest BCUT2D eigenvalue weighted by atomic mass is 9.92. The molecule has 1 atom stereocenters. The lowest BCUT2D eigenvalue weighted by Crippen LogP contribution is -2.52. The van der Waals surface area contributed by atoms with Crippen molar-refractivity contribution >= 4 is 23.0 Å². The van der Waals surface area contributed by atoms with Gasteiger partial charge in [0.2, 0.25) is 23.1 Å². The number of ketones is 3. The highest BCUT2D eigenvalue weighted by atomic mass is 16.7. The van der Waals surface area contributed by atoms with Gasteiger partial charge in [0, 0.05) is 22.3 Å². The number of hydrogen-bond donors (Lipinski definition) is 4. The zero-order chi connectivity index (χ0) is 27.9. The first-order valence-electron chi connectivity index (χ1n) is 12.3. The fourth-order valence-electron chi connectivity index (χ4n) is 4.76. The van der Waals surface area contributed by atoms with Crippen molar-refractivity contribution in [3.63, 3.8) is 0 Å². The zero-order valence-electron chi connectivity index (χ0n) is 20.8. The fraction of sp³-hybridized carbons (Fsp3) is 0.100. The standard InChI is InChI=1S/C30H22N2O8/c33-25-20-10-2-1-9-19(20)24(31-15-17-7-5-13-38-17)23(25)30(37,32-16-18-8-6-14-39-18)40-29-27(35)22-12-4-3-11-21(22)26(34)28(29)36/h1-14,31-32,36-37H,15-16H2. The number of aliphatic hydroxyl groups excluding tert-OH is 1. The highest BCUT2D eigenvalue weighted by molar-refractivity contribution is 6.25. The smallest absolute Gasteiger partial charge is 0.302 e. The summed E-state index contributed by atoms with van der Waals surface area (Å²) in [6.07, 6.45) is 2.93. The maximum Gasteiger partial charge on any atom is 0.302 e. The summed E-state index contributed by atoms with van der Waals surface area (Å²) in [5, 5.41) is 28.7. The van der Waals surface area contributed by atoms with E-state index < -0.39 is 34.8 Å². The Morgan fingerprint density at radius 1 is 0.700 bits per heavy atom. The molecule has 10 heteroatoms. The van der Waals surface area contributed by atoms with E-state index in [1.807, 2.05) is 0 Å². The summed E-state index contributed by atoms with van der Waals surface area (Å²) >= 11 is 0. The number of fused-ring (bicyclic) bond motifs is 2. The minimum Gasteiger partial charge on any atom is -0.501 e. The normalized spacial score (nSPS) is 16.2. The minimum atomic E-state index is -2.71. The Hall–Kier alpha value is -5.19. The van der Waals surface area contributed by atoms with Crippen molar-refractivity contribution in [2.75, 3.05) is 0 Å². The predicted molar refractivity (Wildman–Crippen MR) is 140 cm³/mol. The van der Waals surface area contributed by atoms with Crippen molar-refractivity contribution in [2.45, 2.75) is 19.0 Å². The molecule has 2 aromatic heterocycles. The molecule has 0 fully saturated rings. The molecule has 0 saturated heterocycles. The number of hydrogen-bond acceptors (Lipinski definition) is 10. The van der Waals surface area contributed by atoms with E-state index in [9.17, 15) is 24.6 Å². The second-order valence-corrected chi connectivity index (χ2v) is 9.12. The van der Waals surface area contributed by atoms with Crippen LogP contribution >= 0.6 is 0 Å². The molecule has 200 valence electrons. The second kappa shape index (κ2) is 9.84. The number of Topliss-reactive ketones (excluding diaryl/α,β-unsaturated/α-hetero) is 3. The van der Waals surface area contributed by atoms with Crippen LogP contribution in [0.3, 0.4) is 0 Å². The summed E-state index contributed by atoms with van der Waals surface area (Å²) in [4.78, 5) is 40.1. The van der Waals surface area contributed by atoms with Crippen LogP contribution in [0.2, 0.25) is 0 Å². The van der Waals surface area contributed by atoms with Gasteiger partial charge in [0.05, 0.1) is 31.3 Å². The van der Waals surface area contributed by atoms with E-state index in [1.165, 1.54) is 24.7 Å². The molecule has 0 amide bonds. The lowest BCUT2D eigenvalue weighted by Gasteiger charge is -2.32. The summed E-state index contributed by atoms with van der Waals surface area (Å²) in [5.74, 6) is -5.85. The highest BCUT2D eigenvalue weighted by Crippen LogP contribution is 2.39. The van der Waals surface area contributed by atoms with E-state index in [0.717, 1.165) is 0 Å². The van der Waals surface area contributed by atoms with E-state index >= 15 is 0 Å². The molecule has 2 aliphatic rings. The van der Waals surface area contributed by atoms with Crippen LogP contribution in [0, 0.1) is 0 Å². The Kier molecular flexibility index (Phi) is 6.18. The number of allylic oxidation sites excluding steroid dienone is 2. The van der Waals surface area contributed by atoms with Crippen molar-refractivity contribution < 1.29 is 38.2 Å². The highest BCUT2D eigenvalue weighted by Gasteiger charge is 2.49. The van der Waals surface area contributed by atoms with Gasteiger partial charge in [0.25, 0.3) is 0 Å². The summed E-state index contributed by atoms with van der Waals surface area (Å²) in [6.45, 7) is 0.00923. The Morgan fingerprint density at radius 2 is 1.25 bits per heavy atom. The average molecular weight is 539 g/mol. The summed E-state index contributed by atoms with van der Waals surface area (Å²) in [5.41, 5.74) is 0.655. The van der Waals surface area contributed by atoms with Crippen LogP contribution in [0.15, 0.2) is 111 Å². The number of nitrogens with one attached hydrogen (secondary N) is 2. The van der Waals surface area contributed by atoms with E-state index in [0.29, 0.717) is 17.1 Å². The molecule has 40 heavy (non-hydrogen) atoms. The molecule has 0 bridgehead atoms. The molecule has 1 unspecified atom stereocenters. The summed E-state index contributed by atoms with van der Waals surface area (Å²) in [6, 6.07) is 19.3. The van der Waals surface area contributed by atoms with E-state index in [-0.39, 0.29) is 41.1 Å². The number of benzene rings is 2. The second-order valence-electron chi connectivity index (χ2n) is 9.12. The molecule has 6 rings (SSSR count). The topological polar surface area (TPSA) is 151 Å². The zero-order valence-corrected chi connectivity index (χ0v) is 20.8. The van der Waals surface area contributed by atoms with Crippen molar-refractivity contribution in [3.05, 3.63) is 136 Å². The number of ether oxygens (including phenoxy) is 1. The van der Waals surface area contributed by atoms with Gasteiger partial charge in [-0.15, -0.1) is 0 Å². The van der Waals surface area contributed by atoms with Crippen LogP contribution < -0.4 is 10.6 Å². The number of furan rings is 2. The van der Waals surface area contributed by atoms with Crippen LogP contribution in [0.25, 0.3) is 5.70 Å². The Bertz CT molecular complexity index is 1700. The van der Waals surface area contributed by atoms with Crippen LogP contribution in [0.5, 0.6) is 0 Å². The lowest BCUT2D eigenvalue weighted by molar-refractivity contribution is -0.168. The molecule has 10 nitrogen and oxygen atoms in total. The van der Waals surface area contributed by atoms with E-state index in [4.69, 9.17) is 13.6 Å². The third-order valence-corrected chi connectivity index (χ3v) is 6.66. The molecular weight excluding hydrogens is 516 g/mol. The maximum absolute atomic E-state index is 13.8. The van der Waals surface area contributed by atoms with Crippen LogP contribution in [0.1, 0.15) is 48.2 Å². The van der Waals surface area contributed by atoms with Gasteiger partial charge in [0.15, 0.2) is 5.78 Å². The molecule has 2 aliphatic carbocycles. The first-order chi connectivity index (χ1) is 19.4. The monoisotopic (exact) mass is 538 g/mol. The fourth-order valence-corrected chi connectivity index (χ4v) is 4.76. The van der Waals surface area contributed by atoms with Gasteiger partial charge in [-0.1, -0.05) is 48.5 Å². The van der Waals surface area contributed by atoms with Gasteiger partial charge in [0.1, 0.15) is 17.1 Å². The molecule has 4 aromatic rings. The Labute approximate surface area is 227 Å². The maximum atomic E-state index is 13.8. The molecule has 2 aromatic carbocycles. The minimum absolute atomic E-state index is 0.00574. The first kappa shape index (κ1) is 25.1. The SMILES string of the molecule is O=C1C(O)=C(OC(O)(NCc2ccco2)C2=C(NCc3ccco3)c3ccccc3C2=O)C(=O)c2ccccc21. The molecule has 0 spiro atoms. The van der Waals surface area contributed by atoms with Crippen LogP contribution in [-0.4, -0.2) is 33.5 Å². The van der Waals surface area contributed by atoms with Gasteiger partial charge >= 0.3 is 5.91 Å². The molecular formula is C30H22N2O8. The van der Waals surface area contributed by atoms with Crippen LogP contribution in [0.4, 0.5) is 0 Å². The van der Waals surface area contributed by atoms with Crippen molar-refractivity contribution in [1.82, 2.24) is 10.6 Å². The number of rotatable bonds is 9. The average Bonchev–Trinajstić information content (AvgIpc) is 3.74. The van der Waals surface area contributed by atoms with Gasteiger partial charge in [-0.3, -0.25) is 14.4 Å². The third-order valence-electron chi connectivity index (χ3n) is 6.66. The summed E-state index contributed by atoms with van der Waals surface area (Å²) < 4.78 is 16.6. The van der Waals surface area contributed by atoms with Gasteiger partial charge in [-0.25, -0.2) is 5.32 Å². The largest absolute Gasteiger partial charge is 0.501 e. The Balaban J connectivity index is 1.47. The molecule has 0 aliphatic heterocycles. The molecule has 4 N–H and O–H groups in total. The number of carbonyl (C=O) groups is 3. The quantitative estimate of drug-likeness (QED) is 0.231. The third kappa shape index (κ3) is 4.21. The van der Waals surface area contributed by atoms with Gasteiger partial charge < -0.3 is 29.1 Å². The van der Waals surface area contributed by atoms with Crippen molar-refractivity contribution in [2.24, 2.45) is 0 Å². The summed E-state index contributed by atoms with van der Waals surface area (Å²) in [7, 11) is 0. The van der Waals surface area contributed by atoms with E-state index in [1.54, 1.807) is 60.7 Å². The number of aliphatic hydroxyl groups is 2. The van der Waals surface area contributed by atoms with Gasteiger partial charge in [-0.2, -0.15) is 0 Å².